The Morgan fingerprint density at radius 3 is 2.80 bits per heavy atom. The number of hydrogen-bond donors (Lipinski definition) is 1. The summed E-state index contributed by atoms with van der Waals surface area (Å²) in [5, 5.41) is 7.61. The van der Waals surface area contributed by atoms with Gasteiger partial charge in [-0.1, -0.05) is 11.3 Å². The molecule has 1 amide bonds. The van der Waals surface area contributed by atoms with Crippen molar-refractivity contribution in [2.24, 2.45) is 5.73 Å². The largest absolute Gasteiger partial charge is 0.416 e. The van der Waals surface area contributed by atoms with Crippen LogP contribution in [0.5, 0.6) is 0 Å². The third-order valence-electron chi connectivity index (χ3n) is 4.33. The van der Waals surface area contributed by atoms with Crippen LogP contribution in [0.25, 0.3) is 5.69 Å². The smallest absolute Gasteiger partial charge is 0.334 e. The van der Waals surface area contributed by atoms with E-state index < -0.39 is 11.7 Å². The van der Waals surface area contributed by atoms with Crippen molar-refractivity contribution in [1.82, 2.24) is 19.9 Å². The summed E-state index contributed by atoms with van der Waals surface area (Å²) in [6.07, 6.45) is -1.69. The van der Waals surface area contributed by atoms with Gasteiger partial charge in [0.2, 0.25) is 0 Å². The zero-order valence-corrected chi connectivity index (χ0v) is 13.6. The standard InChI is InChI=1S/C16H18F3N5O/c1-10-7-12(20)5-6-23(10)15(25)14-9-24(22-21-14)13-4-2-3-11(8-13)16(17,18)19/h2-4,8-10,12H,5-7,20H2,1H3/t10-,12-/m1/s1. The highest BCUT2D eigenvalue weighted by molar-refractivity contribution is 5.92. The van der Waals surface area contributed by atoms with Crippen LogP contribution in [0, 0.1) is 0 Å². The van der Waals surface area contributed by atoms with Gasteiger partial charge in [-0.15, -0.1) is 5.10 Å². The number of likely N-dealkylation sites (tertiary alicyclic amines) is 1. The molecule has 25 heavy (non-hydrogen) atoms. The van der Waals surface area contributed by atoms with Gasteiger partial charge in [0.15, 0.2) is 5.69 Å². The Morgan fingerprint density at radius 2 is 2.12 bits per heavy atom. The lowest BCUT2D eigenvalue weighted by Crippen LogP contribution is -2.48. The quantitative estimate of drug-likeness (QED) is 0.898. The third-order valence-corrected chi connectivity index (χ3v) is 4.33. The first-order valence-electron chi connectivity index (χ1n) is 7.92. The highest BCUT2D eigenvalue weighted by atomic mass is 19.4. The fourth-order valence-electron chi connectivity index (χ4n) is 2.97. The van der Waals surface area contributed by atoms with E-state index in [2.05, 4.69) is 10.3 Å². The van der Waals surface area contributed by atoms with E-state index in [9.17, 15) is 18.0 Å². The predicted molar refractivity (Wildman–Crippen MR) is 84.1 cm³/mol. The van der Waals surface area contributed by atoms with Gasteiger partial charge in [0.25, 0.3) is 5.91 Å². The molecule has 1 aliphatic rings. The van der Waals surface area contributed by atoms with Crippen LogP contribution in [0.2, 0.25) is 0 Å². The van der Waals surface area contributed by atoms with Crippen LogP contribution in [0.4, 0.5) is 13.2 Å². The van der Waals surface area contributed by atoms with E-state index in [1.165, 1.54) is 23.0 Å². The number of nitrogens with zero attached hydrogens (tertiary/aromatic N) is 4. The molecule has 1 fully saturated rings. The number of hydrogen-bond acceptors (Lipinski definition) is 4. The van der Waals surface area contributed by atoms with Gasteiger partial charge < -0.3 is 10.6 Å². The van der Waals surface area contributed by atoms with Crippen LogP contribution in [0.3, 0.4) is 0 Å². The number of nitrogens with two attached hydrogens (primary N) is 1. The molecular weight excluding hydrogens is 335 g/mol. The lowest BCUT2D eigenvalue weighted by atomic mass is 9.99. The normalized spacial score (nSPS) is 21.4. The van der Waals surface area contributed by atoms with Gasteiger partial charge in [0, 0.05) is 18.6 Å². The maximum absolute atomic E-state index is 12.8. The van der Waals surface area contributed by atoms with Crippen LogP contribution in [-0.2, 0) is 6.18 Å². The molecule has 2 heterocycles. The molecule has 1 aromatic carbocycles. The first-order chi connectivity index (χ1) is 11.8. The molecular formula is C16H18F3N5O. The van der Waals surface area contributed by atoms with E-state index >= 15 is 0 Å². The van der Waals surface area contributed by atoms with Crippen molar-refractivity contribution in [3.05, 3.63) is 41.7 Å². The fraction of sp³-hybridized carbons (Fsp3) is 0.438. The van der Waals surface area contributed by atoms with E-state index in [1.807, 2.05) is 6.92 Å². The van der Waals surface area contributed by atoms with E-state index in [0.717, 1.165) is 12.1 Å². The zero-order chi connectivity index (χ0) is 18.2. The molecule has 3 rings (SSSR count). The number of aromatic nitrogens is 3. The van der Waals surface area contributed by atoms with Crippen LogP contribution in [0.15, 0.2) is 30.5 Å². The molecule has 0 spiro atoms. The summed E-state index contributed by atoms with van der Waals surface area (Å²) in [7, 11) is 0. The molecule has 1 saturated heterocycles. The summed E-state index contributed by atoms with van der Waals surface area (Å²) in [4.78, 5) is 14.2. The molecule has 2 aromatic rings. The third kappa shape index (κ3) is 3.65. The zero-order valence-electron chi connectivity index (χ0n) is 13.6. The van der Waals surface area contributed by atoms with Gasteiger partial charge in [-0.05, 0) is 38.0 Å². The highest BCUT2D eigenvalue weighted by Crippen LogP contribution is 2.30. The molecule has 134 valence electrons. The van der Waals surface area contributed by atoms with Gasteiger partial charge >= 0.3 is 6.18 Å². The molecule has 0 bridgehead atoms. The lowest BCUT2D eigenvalue weighted by Gasteiger charge is -2.35. The van der Waals surface area contributed by atoms with Crippen LogP contribution < -0.4 is 5.73 Å². The summed E-state index contributed by atoms with van der Waals surface area (Å²) < 4.78 is 39.6. The van der Waals surface area contributed by atoms with Gasteiger partial charge in [-0.2, -0.15) is 13.2 Å². The average Bonchev–Trinajstić information content (AvgIpc) is 3.04. The summed E-state index contributed by atoms with van der Waals surface area (Å²) >= 11 is 0. The Labute approximate surface area is 142 Å². The topological polar surface area (TPSA) is 77.0 Å². The number of rotatable bonds is 2. The minimum Gasteiger partial charge on any atom is -0.334 e. The number of benzene rings is 1. The summed E-state index contributed by atoms with van der Waals surface area (Å²) in [5.74, 6) is -0.294. The van der Waals surface area contributed by atoms with Crippen molar-refractivity contribution in [2.75, 3.05) is 6.54 Å². The van der Waals surface area contributed by atoms with Crippen LogP contribution >= 0.6 is 0 Å². The van der Waals surface area contributed by atoms with E-state index in [4.69, 9.17) is 5.73 Å². The number of alkyl halides is 3. The van der Waals surface area contributed by atoms with Crippen LogP contribution in [0.1, 0.15) is 35.8 Å². The van der Waals surface area contributed by atoms with Crippen molar-refractivity contribution in [1.29, 1.82) is 0 Å². The number of piperidine rings is 1. The molecule has 2 N–H and O–H groups in total. The Bertz CT molecular complexity index is 773. The van der Waals surface area contributed by atoms with Crippen molar-refractivity contribution in [2.45, 2.75) is 38.0 Å². The maximum atomic E-state index is 12.8. The predicted octanol–water partition coefficient (Wildman–Crippen LogP) is 2.24. The van der Waals surface area contributed by atoms with E-state index in [-0.39, 0.29) is 29.4 Å². The van der Waals surface area contributed by atoms with Crippen molar-refractivity contribution >= 4 is 5.91 Å². The van der Waals surface area contributed by atoms with Gasteiger partial charge in [-0.3, -0.25) is 4.79 Å². The molecule has 2 atom stereocenters. The molecule has 9 heteroatoms. The monoisotopic (exact) mass is 353 g/mol. The number of carbonyl (C=O) groups is 1. The summed E-state index contributed by atoms with van der Waals surface area (Å²) in [6, 6.07) is 4.75. The van der Waals surface area contributed by atoms with Gasteiger partial charge in [0.05, 0.1) is 17.4 Å². The Morgan fingerprint density at radius 1 is 1.36 bits per heavy atom. The maximum Gasteiger partial charge on any atom is 0.416 e. The molecule has 0 aliphatic carbocycles. The fourth-order valence-corrected chi connectivity index (χ4v) is 2.97. The number of amides is 1. The molecule has 1 aliphatic heterocycles. The molecule has 0 saturated carbocycles. The second kappa shape index (κ2) is 6.47. The molecule has 6 nitrogen and oxygen atoms in total. The summed E-state index contributed by atoms with van der Waals surface area (Å²) in [5.41, 5.74) is 5.40. The van der Waals surface area contributed by atoms with E-state index in [1.54, 1.807) is 4.90 Å². The van der Waals surface area contributed by atoms with Crippen molar-refractivity contribution in [3.63, 3.8) is 0 Å². The number of carbonyl (C=O) groups excluding carboxylic acids is 1. The lowest BCUT2D eigenvalue weighted by molar-refractivity contribution is -0.137. The highest BCUT2D eigenvalue weighted by Gasteiger charge is 2.31. The first-order valence-corrected chi connectivity index (χ1v) is 7.92. The van der Waals surface area contributed by atoms with Gasteiger partial charge in [0.1, 0.15) is 0 Å². The minimum atomic E-state index is -4.45. The average molecular weight is 353 g/mol. The molecule has 0 radical (unpaired) electrons. The molecule has 0 unspecified atom stereocenters. The second-order valence-electron chi connectivity index (χ2n) is 6.23. The Balaban J connectivity index is 1.82. The SMILES string of the molecule is C[C@@H]1C[C@H](N)CCN1C(=O)c1cn(-c2cccc(C(F)(F)F)c2)nn1. The number of halogens is 3. The van der Waals surface area contributed by atoms with Crippen LogP contribution in [-0.4, -0.2) is 44.4 Å². The Kier molecular flexibility index (Phi) is 4.51. The van der Waals surface area contributed by atoms with Crippen molar-refractivity contribution < 1.29 is 18.0 Å². The Hall–Kier alpha value is -2.42. The second-order valence-corrected chi connectivity index (χ2v) is 6.23. The summed E-state index contributed by atoms with van der Waals surface area (Å²) in [6.45, 7) is 2.44. The first kappa shape index (κ1) is 17.4. The molecule has 1 aromatic heterocycles. The van der Waals surface area contributed by atoms with E-state index in [0.29, 0.717) is 19.4 Å². The van der Waals surface area contributed by atoms with Crippen molar-refractivity contribution in [3.8, 4) is 5.69 Å². The minimum absolute atomic E-state index is 0.0186. The van der Waals surface area contributed by atoms with Gasteiger partial charge in [-0.25, -0.2) is 4.68 Å².